The number of carboxylic acids is 1. The van der Waals surface area contributed by atoms with E-state index in [9.17, 15) is 17.6 Å². The fourth-order valence-corrected chi connectivity index (χ4v) is 4.24. The molecule has 0 saturated carbocycles. The quantitative estimate of drug-likeness (QED) is 0.759. The fourth-order valence-electron chi connectivity index (χ4n) is 3.20. The Morgan fingerprint density at radius 3 is 2.77 bits per heavy atom. The maximum absolute atomic E-state index is 13.0. The van der Waals surface area contributed by atoms with Crippen molar-refractivity contribution in [2.24, 2.45) is 0 Å². The van der Waals surface area contributed by atoms with Crippen LogP contribution in [0, 0.1) is 5.82 Å². The molecular weight excluding hydrogens is 361 g/mol. The predicted octanol–water partition coefficient (Wildman–Crippen LogP) is 1.85. The zero-order valence-corrected chi connectivity index (χ0v) is 14.9. The highest BCUT2D eigenvalue weighted by Gasteiger charge is 2.29. The lowest BCUT2D eigenvalue weighted by Gasteiger charge is -2.22. The van der Waals surface area contributed by atoms with E-state index in [4.69, 9.17) is 5.11 Å². The monoisotopic (exact) mass is 381 g/mol. The predicted molar refractivity (Wildman–Crippen MR) is 93.8 cm³/mol. The van der Waals surface area contributed by atoms with Gasteiger partial charge in [0.2, 0.25) is 0 Å². The van der Waals surface area contributed by atoms with Crippen LogP contribution in [0.1, 0.15) is 24.7 Å². The van der Waals surface area contributed by atoms with Gasteiger partial charge in [-0.25, -0.2) is 17.8 Å². The van der Waals surface area contributed by atoms with Gasteiger partial charge in [0.05, 0.1) is 23.7 Å². The molecule has 140 valence electrons. The molecule has 3 rings (SSSR count). The van der Waals surface area contributed by atoms with E-state index < -0.39 is 21.6 Å². The van der Waals surface area contributed by atoms with Crippen molar-refractivity contribution in [2.75, 3.05) is 24.6 Å². The molecule has 7 nitrogen and oxygen atoms in total. The van der Waals surface area contributed by atoms with Gasteiger partial charge in [0.15, 0.2) is 9.84 Å². The summed E-state index contributed by atoms with van der Waals surface area (Å²) in [5.74, 6) is -1.95. The SMILES string of the molecule is O=C(O)CS(=O)(=O)CCN1CCCC1c1ncc(-c2ccc(F)cc2)[nH]1. The summed E-state index contributed by atoms with van der Waals surface area (Å²) < 4.78 is 36.6. The molecule has 1 aromatic heterocycles. The van der Waals surface area contributed by atoms with Crippen molar-refractivity contribution in [2.45, 2.75) is 18.9 Å². The van der Waals surface area contributed by atoms with Gasteiger partial charge in [-0.2, -0.15) is 0 Å². The third-order valence-corrected chi connectivity index (χ3v) is 5.95. The van der Waals surface area contributed by atoms with Gasteiger partial charge in [-0.15, -0.1) is 0 Å². The van der Waals surface area contributed by atoms with E-state index in [0.717, 1.165) is 36.5 Å². The number of H-pyrrole nitrogens is 1. The van der Waals surface area contributed by atoms with Crippen molar-refractivity contribution in [1.29, 1.82) is 0 Å². The van der Waals surface area contributed by atoms with Crippen LogP contribution in [0.2, 0.25) is 0 Å². The Morgan fingerprint density at radius 2 is 2.08 bits per heavy atom. The summed E-state index contributed by atoms with van der Waals surface area (Å²) in [5, 5.41) is 8.67. The highest BCUT2D eigenvalue weighted by molar-refractivity contribution is 7.92. The van der Waals surface area contributed by atoms with Gasteiger partial charge in [0.1, 0.15) is 17.4 Å². The zero-order valence-electron chi connectivity index (χ0n) is 14.1. The number of halogens is 1. The maximum Gasteiger partial charge on any atom is 0.318 e. The molecule has 2 heterocycles. The molecule has 26 heavy (non-hydrogen) atoms. The smallest absolute Gasteiger partial charge is 0.318 e. The largest absolute Gasteiger partial charge is 0.480 e. The van der Waals surface area contributed by atoms with Crippen LogP contribution >= 0.6 is 0 Å². The summed E-state index contributed by atoms with van der Waals surface area (Å²) in [6, 6.07) is 6.05. The summed E-state index contributed by atoms with van der Waals surface area (Å²) in [6.45, 7) is 1.01. The highest BCUT2D eigenvalue weighted by atomic mass is 32.2. The van der Waals surface area contributed by atoms with Gasteiger partial charge in [0, 0.05) is 6.54 Å². The Labute approximate surface area is 150 Å². The molecule has 1 atom stereocenters. The van der Waals surface area contributed by atoms with Gasteiger partial charge in [-0.3, -0.25) is 9.69 Å². The fraction of sp³-hybridized carbons (Fsp3) is 0.412. The molecule has 1 aliphatic rings. The molecule has 0 spiro atoms. The average Bonchev–Trinajstić information content (AvgIpc) is 3.21. The van der Waals surface area contributed by atoms with E-state index in [0.29, 0.717) is 0 Å². The van der Waals surface area contributed by atoms with Gasteiger partial charge in [0.25, 0.3) is 0 Å². The van der Waals surface area contributed by atoms with Crippen LogP contribution in [0.3, 0.4) is 0 Å². The molecule has 2 N–H and O–H groups in total. The van der Waals surface area contributed by atoms with Crippen LogP contribution in [-0.2, 0) is 14.6 Å². The van der Waals surface area contributed by atoms with Gasteiger partial charge in [-0.1, -0.05) is 0 Å². The lowest BCUT2D eigenvalue weighted by molar-refractivity contribution is -0.134. The number of hydrogen-bond acceptors (Lipinski definition) is 5. The van der Waals surface area contributed by atoms with Crippen molar-refractivity contribution >= 4 is 15.8 Å². The second kappa shape index (κ2) is 7.55. The third-order valence-electron chi connectivity index (χ3n) is 4.46. The Balaban J connectivity index is 1.69. The van der Waals surface area contributed by atoms with Crippen molar-refractivity contribution in [3.05, 3.63) is 42.1 Å². The van der Waals surface area contributed by atoms with Crippen molar-refractivity contribution in [3.63, 3.8) is 0 Å². The lowest BCUT2D eigenvalue weighted by atomic mass is 10.2. The maximum atomic E-state index is 13.0. The van der Waals surface area contributed by atoms with E-state index in [-0.39, 0.29) is 24.2 Å². The first kappa shape index (κ1) is 18.5. The summed E-state index contributed by atoms with van der Waals surface area (Å²) in [5.41, 5.74) is 1.59. The zero-order chi connectivity index (χ0) is 18.7. The molecule has 0 aliphatic carbocycles. The number of nitrogens with one attached hydrogen (secondary N) is 1. The van der Waals surface area contributed by atoms with Crippen molar-refractivity contribution < 1.29 is 22.7 Å². The first-order chi connectivity index (χ1) is 12.3. The summed E-state index contributed by atoms with van der Waals surface area (Å²) in [7, 11) is -3.62. The topological polar surface area (TPSA) is 103 Å². The number of aliphatic carboxylic acids is 1. The standard InChI is InChI=1S/C17H20FN3O4S/c18-13-5-3-12(4-6-13)14-10-19-17(20-14)15-2-1-7-21(15)8-9-26(24,25)11-16(22)23/h3-6,10,15H,1-2,7-9,11H2,(H,19,20)(H,22,23). The molecule has 1 unspecified atom stereocenters. The average molecular weight is 381 g/mol. The molecule has 1 fully saturated rings. The summed E-state index contributed by atoms with van der Waals surface area (Å²) >= 11 is 0. The Bertz CT molecular complexity index is 880. The number of nitrogens with zero attached hydrogens (tertiary/aromatic N) is 2. The minimum atomic E-state index is -3.62. The number of imidazole rings is 1. The number of hydrogen-bond donors (Lipinski definition) is 2. The number of aromatic nitrogens is 2. The second-order valence-electron chi connectivity index (χ2n) is 6.37. The van der Waals surface area contributed by atoms with E-state index in [1.54, 1.807) is 18.3 Å². The molecule has 0 radical (unpaired) electrons. The number of likely N-dealkylation sites (tertiary alicyclic amines) is 1. The number of rotatable bonds is 7. The minimum Gasteiger partial charge on any atom is -0.480 e. The van der Waals surface area contributed by atoms with Crippen LogP contribution in [0.5, 0.6) is 0 Å². The van der Waals surface area contributed by atoms with E-state index in [2.05, 4.69) is 9.97 Å². The number of carboxylic acid groups (broad SMARTS) is 1. The summed E-state index contributed by atoms with van der Waals surface area (Å²) in [6.07, 6.45) is 3.44. The molecule has 0 bridgehead atoms. The lowest BCUT2D eigenvalue weighted by Crippen LogP contribution is -2.31. The number of sulfone groups is 1. The van der Waals surface area contributed by atoms with E-state index in [1.165, 1.54) is 12.1 Å². The Kier molecular flexibility index (Phi) is 5.38. The van der Waals surface area contributed by atoms with E-state index in [1.807, 2.05) is 4.90 Å². The molecule has 1 aliphatic heterocycles. The van der Waals surface area contributed by atoms with Crippen LogP contribution < -0.4 is 0 Å². The Morgan fingerprint density at radius 1 is 1.35 bits per heavy atom. The van der Waals surface area contributed by atoms with E-state index >= 15 is 0 Å². The van der Waals surface area contributed by atoms with Crippen LogP contribution in [-0.4, -0.2) is 59.0 Å². The molecular formula is C17H20FN3O4S. The second-order valence-corrected chi connectivity index (χ2v) is 8.55. The third kappa shape index (κ3) is 4.47. The molecule has 9 heteroatoms. The van der Waals surface area contributed by atoms with Crippen molar-refractivity contribution in [3.8, 4) is 11.3 Å². The van der Waals surface area contributed by atoms with Crippen LogP contribution in [0.25, 0.3) is 11.3 Å². The molecule has 1 saturated heterocycles. The molecule has 2 aromatic rings. The molecule has 0 amide bonds. The normalized spacial score (nSPS) is 18.3. The number of aromatic amines is 1. The van der Waals surface area contributed by atoms with Crippen molar-refractivity contribution in [1.82, 2.24) is 14.9 Å². The van der Waals surface area contributed by atoms with Gasteiger partial charge < -0.3 is 10.1 Å². The highest BCUT2D eigenvalue weighted by Crippen LogP contribution is 2.31. The van der Waals surface area contributed by atoms with Crippen LogP contribution in [0.15, 0.2) is 30.5 Å². The minimum absolute atomic E-state index is 0.0378. The number of benzene rings is 1. The van der Waals surface area contributed by atoms with Gasteiger partial charge >= 0.3 is 5.97 Å². The van der Waals surface area contributed by atoms with Crippen LogP contribution in [0.4, 0.5) is 4.39 Å². The summed E-state index contributed by atoms with van der Waals surface area (Å²) in [4.78, 5) is 20.3. The van der Waals surface area contributed by atoms with Gasteiger partial charge in [-0.05, 0) is 49.2 Å². The molecule has 1 aromatic carbocycles. The first-order valence-electron chi connectivity index (χ1n) is 8.31. The first-order valence-corrected chi connectivity index (χ1v) is 10.1. The number of carbonyl (C=O) groups is 1. The Hall–Kier alpha value is -2.26.